The fourth-order valence-corrected chi connectivity index (χ4v) is 2.35. The second-order valence-electron chi connectivity index (χ2n) is 6.23. The molecule has 1 atom stereocenters. The Bertz CT molecular complexity index is 702. The Morgan fingerprint density at radius 3 is 2.17 bits per heavy atom. The highest BCUT2D eigenvalue weighted by atomic mass is 35.5. The van der Waals surface area contributed by atoms with Gasteiger partial charge in [-0.3, -0.25) is 0 Å². The molecule has 0 amide bonds. The number of halogens is 1. The summed E-state index contributed by atoms with van der Waals surface area (Å²) >= 11 is 6.20. The van der Waals surface area contributed by atoms with Crippen LogP contribution in [0.4, 0.5) is 0 Å². The Morgan fingerprint density at radius 1 is 1.17 bits per heavy atom. The molecule has 0 radical (unpaired) electrons. The van der Waals surface area contributed by atoms with E-state index in [1.165, 1.54) is 33.3 Å². The minimum absolute atomic E-state index is 0.0353. The molecule has 130 valence electrons. The molecule has 0 N–H and O–H groups in total. The van der Waals surface area contributed by atoms with Crippen LogP contribution in [0.3, 0.4) is 0 Å². The lowest BCUT2D eigenvalue weighted by molar-refractivity contribution is -0.159. The van der Waals surface area contributed by atoms with Crippen LogP contribution >= 0.6 is 11.6 Å². The van der Waals surface area contributed by atoms with Crippen molar-refractivity contribution >= 4 is 23.5 Å². The fraction of sp³-hybridized carbons (Fsp3) is 0.471. The Balaban J connectivity index is 3.63. The van der Waals surface area contributed by atoms with Gasteiger partial charge in [0.05, 0.1) is 30.9 Å². The molecular formula is C17H20ClNO5. The van der Waals surface area contributed by atoms with Gasteiger partial charge >= 0.3 is 11.9 Å². The Labute approximate surface area is 146 Å². The number of carbonyl (C=O) groups excluding carboxylic acids is 2. The quantitative estimate of drug-likeness (QED) is 0.772. The zero-order valence-electron chi connectivity index (χ0n) is 14.5. The summed E-state index contributed by atoms with van der Waals surface area (Å²) in [5.41, 5.74) is -2.55. The van der Waals surface area contributed by atoms with Crippen molar-refractivity contribution in [1.29, 1.82) is 5.26 Å². The number of carbonyl (C=O) groups is 2. The molecule has 0 bridgehead atoms. The lowest BCUT2D eigenvalue weighted by Crippen LogP contribution is -2.39. The minimum atomic E-state index is -1.74. The van der Waals surface area contributed by atoms with Crippen molar-refractivity contribution in [2.45, 2.75) is 38.7 Å². The molecular weight excluding hydrogens is 334 g/mol. The van der Waals surface area contributed by atoms with Gasteiger partial charge in [0, 0.05) is 0 Å². The van der Waals surface area contributed by atoms with E-state index < -0.39 is 23.0 Å². The first-order chi connectivity index (χ1) is 11.0. The average molecular weight is 354 g/mol. The van der Waals surface area contributed by atoms with Crippen molar-refractivity contribution in [1.82, 2.24) is 0 Å². The molecule has 1 rings (SSSR count). The summed E-state index contributed by atoms with van der Waals surface area (Å²) in [7, 11) is 2.57. The van der Waals surface area contributed by atoms with Crippen LogP contribution < -0.4 is 4.74 Å². The van der Waals surface area contributed by atoms with Crippen LogP contribution in [0.1, 0.15) is 43.6 Å². The van der Waals surface area contributed by atoms with E-state index in [9.17, 15) is 14.9 Å². The van der Waals surface area contributed by atoms with E-state index in [4.69, 9.17) is 25.8 Å². The second kappa shape index (κ2) is 7.10. The topological polar surface area (TPSA) is 85.6 Å². The number of ether oxygens (including phenoxy) is 3. The lowest BCUT2D eigenvalue weighted by atomic mass is 9.80. The largest absolute Gasteiger partial charge is 0.495 e. The standard InChI is InChI=1S/C17H20ClNO5/c1-16(2,3)24-15(21)17(4,9-19)10-7-8-11(22-5)13(18)12(10)14(20)23-6/h7-8H,1-6H3. The van der Waals surface area contributed by atoms with Crippen LogP contribution in [0, 0.1) is 11.3 Å². The summed E-state index contributed by atoms with van der Waals surface area (Å²) in [6.07, 6.45) is 0. The fourth-order valence-electron chi connectivity index (χ4n) is 2.03. The lowest BCUT2D eigenvalue weighted by Gasteiger charge is -2.28. The first-order valence-electron chi connectivity index (χ1n) is 7.11. The van der Waals surface area contributed by atoms with Crippen LogP contribution in [-0.4, -0.2) is 31.8 Å². The van der Waals surface area contributed by atoms with E-state index in [2.05, 4.69) is 0 Å². The van der Waals surface area contributed by atoms with Crippen molar-refractivity contribution in [3.05, 3.63) is 28.3 Å². The van der Waals surface area contributed by atoms with Gasteiger partial charge in [-0.15, -0.1) is 0 Å². The molecule has 0 heterocycles. The highest BCUT2D eigenvalue weighted by Gasteiger charge is 2.43. The highest BCUT2D eigenvalue weighted by molar-refractivity contribution is 6.35. The van der Waals surface area contributed by atoms with Gasteiger partial charge in [0.25, 0.3) is 0 Å². The van der Waals surface area contributed by atoms with Gasteiger partial charge < -0.3 is 14.2 Å². The maximum atomic E-state index is 12.6. The van der Waals surface area contributed by atoms with E-state index in [0.717, 1.165) is 0 Å². The third-order valence-electron chi connectivity index (χ3n) is 3.29. The first-order valence-corrected chi connectivity index (χ1v) is 7.49. The van der Waals surface area contributed by atoms with Gasteiger partial charge in [-0.05, 0) is 39.3 Å². The molecule has 1 aromatic rings. The van der Waals surface area contributed by atoms with Gasteiger partial charge in [0.1, 0.15) is 11.4 Å². The summed E-state index contributed by atoms with van der Waals surface area (Å²) in [6, 6.07) is 4.83. The van der Waals surface area contributed by atoms with Crippen molar-refractivity contribution < 1.29 is 23.8 Å². The van der Waals surface area contributed by atoms with E-state index in [-0.39, 0.29) is 21.9 Å². The number of hydrogen-bond donors (Lipinski definition) is 0. The smallest absolute Gasteiger partial charge is 0.339 e. The number of rotatable bonds is 4. The van der Waals surface area contributed by atoms with Crippen LogP contribution in [0.15, 0.2) is 12.1 Å². The number of nitrogens with zero attached hydrogens (tertiary/aromatic N) is 1. The molecule has 0 saturated carbocycles. The molecule has 0 aliphatic carbocycles. The molecule has 0 fully saturated rings. The average Bonchev–Trinajstić information content (AvgIpc) is 2.51. The van der Waals surface area contributed by atoms with Crippen LogP contribution in [0.25, 0.3) is 0 Å². The second-order valence-corrected chi connectivity index (χ2v) is 6.61. The molecule has 0 saturated heterocycles. The third kappa shape index (κ3) is 3.80. The van der Waals surface area contributed by atoms with E-state index in [1.807, 2.05) is 6.07 Å². The summed E-state index contributed by atoms with van der Waals surface area (Å²) in [5.74, 6) is -1.34. The Kier molecular flexibility index (Phi) is 5.85. The summed E-state index contributed by atoms with van der Waals surface area (Å²) in [5, 5.41) is 9.59. The normalized spacial score (nSPS) is 13.4. The van der Waals surface area contributed by atoms with Gasteiger partial charge in [-0.25, -0.2) is 9.59 Å². The number of esters is 2. The van der Waals surface area contributed by atoms with Crippen molar-refractivity contribution in [2.24, 2.45) is 0 Å². The van der Waals surface area contributed by atoms with Crippen LogP contribution in [-0.2, 0) is 19.7 Å². The van der Waals surface area contributed by atoms with Crippen molar-refractivity contribution in [3.8, 4) is 11.8 Å². The molecule has 7 heteroatoms. The third-order valence-corrected chi connectivity index (χ3v) is 3.66. The van der Waals surface area contributed by atoms with Gasteiger partial charge in [0.2, 0.25) is 0 Å². The predicted molar refractivity (Wildman–Crippen MR) is 88.2 cm³/mol. The van der Waals surface area contributed by atoms with Crippen molar-refractivity contribution in [3.63, 3.8) is 0 Å². The molecule has 24 heavy (non-hydrogen) atoms. The summed E-state index contributed by atoms with van der Waals surface area (Å²) in [4.78, 5) is 24.7. The molecule has 0 spiro atoms. The minimum Gasteiger partial charge on any atom is -0.495 e. The first kappa shape index (κ1) is 19.8. The zero-order valence-corrected chi connectivity index (χ0v) is 15.3. The summed E-state index contributed by atoms with van der Waals surface area (Å²) < 4.78 is 15.1. The molecule has 6 nitrogen and oxygen atoms in total. The van der Waals surface area contributed by atoms with E-state index >= 15 is 0 Å². The van der Waals surface area contributed by atoms with Crippen LogP contribution in [0.5, 0.6) is 5.75 Å². The number of benzene rings is 1. The Morgan fingerprint density at radius 2 is 1.75 bits per heavy atom. The predicted octanol–water partition coefficient (Wildman–Crippen LogP) is 3.26. The van der Waals surface area contributed by atoms with Crippen molar-refractivity contribution in [2.75, 3.05) is 14.2 Å². The highest BCUT2D eigenvalue weighted by Crippen LogP contribution is 2.38. The Hall–Kier alpha value is -2.26. The van der Waals surface area contributed by atoms with Gasteiger partial charge in [-0.1, -0.05) is 17.7 Å². The molecule has 0 aromatic heterocycles. The zero-order chi connectivity index (χ0) is 18.7. The molecule has 1 unspecified atom stereocenters. The van der Waals surface area contributed by atoms with E-state index in [0.29, 0.717) is 0 Å². The maximum absolute atomic E-state index is 12.6. The number of methoxy groups -OCH3 is 2. The number of nitriles is 1. The monoisotopic (exact) mass is 353 g/mol. The summed E-state index contributed by atoms with van der Waals surface area (Å²) in [6.45, 7) is 6.42. The van der Waals surface area contributed by atoms with Gasteiger partial charge in [0.15, 0.2) is 5.41 Å². The van der Waals surface area contributed by atoms with Gasteiger partial charge in [-0.2, -0.15) is 5.26 Å². The van der Waals surface area contributed by atoms with Crippen LogP contribution in [0.2, 0.25) is 5.02 Å². The molecule has 1 aromatic carbocycles. The maximum Gasteiger partial charge on any atom is 0.339 e. The van der Waals surface area contributed by atoms with E-state index in [1.54, 1.807) is 20.8 Å². The molecule has 0 aliphatic heterocycles. The molecule has 0 aliphatic rings. The SMILES string of the molecule is COC(=O)c1c(C(C)(C#N)C(=O)OC(C)(C)C)ccc(OC)c1Cl. The number of hydrogen-bond acceptors (Lipinski definition) is 6.